The Bertz CT molecular complexity index is 508. The molecule has 0 radical (unpaired) electrons. The van der Waals surface area contributed by atoms with E-state index in [9.17, 15) is 15.2 Å². The van der Waals surface area contributed by atoms with Gasteiger partial charge < -0.3 is 10.4 Å². The van der Waals surface area contributed by atoms with Crippen LogP contribution < -0.4 is 5.32 Å². The van der Waals surface area contributed by atoms with Crippen molar-refractivity contribution in [2.24, 2.45) is 0 Å². The summed E-state index contributed by atoms with van der Waals surface area (Å²) in [5.74, 6) is 0.0981. The SMILES string of the molecule is C=CC[C@@H](c1cc([N+](=O)[O-])ccc1O)N1CCNCC1.Cl.Cl. The van der Waals surface area contributed by atoms with Crippen LogP contribution >= 0.6 is 24.8 Å². The molecule has 0 amide bonds. The number of hydrogen-bond donors (Lipinski definition) is 2. The van der Waals surface area contributed by atoms with Crippen molar-refractivity contribution in [1.29, 1.82) is 0 Å². The molecule has 1 saturated heterocycles. The highest BCUT2D eigenvalue weighted by molar-refractivity contribution is 5.85. The molecule has 1 aromatic rings. The zero-order valence-electron chi connectivity index (χ0n) is 12.1. The molecular formula is C14H21Cl2N3O3. The summed E-state index contributed by atoms with van der Waals surface area (Å²) in [6.45, 7) is 7.20. The van der Waals surface area contributed by atoms with Crippen molar-refractivity contribution in [2.45, 2.75) is 12.5 Å². The van der Waals surface area contributed by atoms with E-state index in [2.05, 4.69) is 16.8 Å². The summed E-state index contributed by atoms with van der Waals surface area (Å²) in [6.07, 6.45) is 2.43. The zero-order chi connectivity index (χ0) is 14.5. The van der Waals surface area contributed by atoms with E-state index in [0.717, 1.165) is 26.2 Å². The minimum Gasteiger partial charge on any atom is -0.508 e. The number of phenolic OH excluding ortho intramolecular Hbond substituents is 1. The quantitative estimate of drug-likeness (QED) is 0.485. The van der Waals surface area contributed by atoms with Gasteiger partial charge in [0, 0.05) is 49.9 Å². The number of piperazine rings is 1. The van der Waals surface area contributed by atoms with E-state index in [4.69, 9.17) is 0 Å². The van der Waals surface area contributed by atoms with Gasteiger partial charge in [0.15, 0.2) is 0 Å². The molecule has 2 N–H and O–H groups in total. The minimum atomic E-state index is -0.439. The Kier molecular flexibility index (Phi) is 9.04. The predicted octanol–water partition coefficient (Wildman–Crippen LogP) is 2.67. The van der Waals surface area contributed by atoms with Gasteiger partial charge >= 0.3 is 0 Å². The van der Waals surface area contributed by atoms with Gasteiger partial charge in [-0.25, -0.2) is 0 Å². The number of rotatable bonds is 5. The molecule has 1 fully saturated rings. The fourth-order valence-electron chi connectivity index (χ4n) is 2.55. The fourth-order valence-corrected chi connectivity index (χ4v) is 2.55. The van der Waals surface area contributed by atoms with Gasteiger partial charge in [0.2, 0.25) is 0 Å². The van der Waals surface area contributed by atoms with Crippen molar-refractivity contribution in [3.8, 4) is 5.75 Å². The van der Waals surface area contributed by atoms with Crippen LogP contribution in [0.2, 0.25) is 0 Å². The van der Waals surface area contributed by atoms with Crippen molar-refractivity contribution < 1.29 is 10.0 Å². The standard InChI is InChI=1S/C14H19N3O3.2ClH/c1-2-3-13(16-8-6-15-7-9-16)12-10-11(17(19)20)4-5-14(12)18;;/h2,4-5,10,13,15,18H,1,3,6-9H2;2*1H/t13-;;/m0../s1. The Balaban J connectivity index is 0.00000220. The largest absolute Gasteiger partial charge is 0.508 e. The Hall–Kier alpha value is -1.34. The van der Waals surface area contributed by atoms with Gasteiger partial charge in [-0.2, -0.15) is 0 Å². The first-order valence-electron chi connectivity index (χ1n) is 6.66. The van der Waals surface area contributed by atoms with Crippen LogP contribution in [0.1, 0.15) is 18.0 Å². The molecule has 0 unspecified atom stereocenters. The summed E-state index contributed by atoms with van der Waals surface area (Å²) >= 11 is 0. The highest BCUT2D eigenvalue weighted by atomic mass is 35.5. The average Bonchev–Trinajstić information content (AvgIpc) is 2.46. The van der Waals surface area contributed by atoms with Gasteiger partial charge in [0.1, 0.15) is 5.75 Å². The van der Waals surface area contributed by atoms with E-state index in [1.165, 1.54) is 18.2 Å². The highest BCUT2D eigenvalue weighted by Crippen LogP contribution is 2.34. The number of nitrogens with one attached hydrogen (secondary N) is 1. The van der Waals surface area contributed by atoms with Crippen molar-refractivity contribution in [3.05, 3.63) is 46.5 Å². The molecule has 1 heterocycles. The first-order valence-corrected chi connectivity index (χ1v) is 6.66. The van der Waals surface area contributed by atoms with Crippen LogP contribution in [0.4, 0.5) is 5.69 Å². The van der Waals surface area contributed by atoms with E-state index in [1.807, 2.05) is 0 Å². The zero-order valence-corrected chi connectivity index (χ0v) is 13.7. The maximum Gasteiger partial charge on any atom is 0.270 e. The smallest absolute Gasteiger partial charge is 0.270 e. The molecule has 1 aliphatic heterocycles. The molecule has 8 heteroatoms. The van der Waals surface area contributed by atoms with Gasteiger partial charge in [0.25, 0.3) is 5.69 Å². The number of halogens is 2. The van der Waals surface area contributed by atoms with Gasteiger partial charge in [-0.1, -0.05) is 6.08 Å². The Morgan fingerprint density at radius 1 is 1.41 bits per heavy atom. The van der Waals surface area contributed by atoms with Crippen LogP contribution in [0.15, 0.2) is 30.9 Å². The van der Waals surface area contributed by atoms with Crippen molar-refractivity contribution >= 4 is 30.5 Å². The second-order valence-electron chi connectivity index (χ2n) is 4.83. The van der Waals surface area contributed by atoms with E-state index >= 15 is 0 Å². The first-order chi connectivity index (χ1) is 9.63. The molecule has 1 aliphatic rings. The summed E-state index contributed by atoms with van der Waals surface area (Å²) in [5, 5.41) is 24.2. The third-order valence-corrected chi connectivity index (χ3v) is 3.56. The van der Waals surface area contributed by atoms with Crippen LogP contribution in [0.25, 0.3) is 0 Å². The van der Waals surface area contributed by atoms with Crippen LogP contribution in [0, 0.1) is 10.1 Å². The Labute approximate surface area is 142 Å². The Morgan fingerprint density at radius 3 is 2.59 bits per heavy atom. The number of non-ortho nitro benzene ring substituents is 1. The third kappa shape index (κ3) is 4.84. The lowest BCUT2D eigenvalue weighted by Gasteiger charge is -2.34. The fraction of sp³-hybridized carbons (Fsp3) is 0.429. The van der Waals surface area contributed by atoms with E-state index in [-0.39, 0.29) is 42.3 Å². The number of nitro benzene ring substituents is 1. The molecule has 6 nitrogen and oxygen atoms in total. The normalized spacial score (nSPS) is 16.0. The number of hydrogen-bond acceptors (Lipinski definition) is 5. The van der Waals surface area contributed by atoms with Crippen LogP contribution in [-0.4, -0.2) is 41.1 Å². The molecule has 0 saturated carbocycles. The van der Waals surface area contributed by atoms with Crippen LogP contribution in [0.3, 0.4) is 0 Å². The van der Waals surface area contributed by atoms with Crippen molar-refractivity contribution in [1.82, 2.24) is 10.2 Å². The molecule has 124 valence electrons. The van der Waals surface area contributed by atoms with Crippen molar-refractivity contribution in [2.75, 3.05) is 26.2 Å². The molecule has 0 spiro atoms. The summed E-state index contributed by atoms with van der Waals surface area (Å²) < 4.78 is 0. The molecule has 0 aliphatic carbocycles. The van der Waals surface area contributed by atoms with Gasteiger partial charge in [0.05, 0.1) is 4.92 Å². The molecular weight excluding hydrogens is 329 g/mol. The summed E-state index contributed by atoms with van der Waals surface area (Å²) in [4.78, 5) is 12.7. The lowest BCUT2D eigenvalue weighted by molar-refractivity contribution is -0.385. The topological polar surface area (TPSA) is 78.6 Å². The van der Waals surface area contributed by atoms with E-state index in [1.54, 1.807) is 6.08 Å². The highest BCUT2D eigenvalue weighted by Gasteiger charge is 2.25. The summed E-state index contributed by atoms with van der Waals surface area (Å²) in [6, 6.07) is 4.10. The number of phenols is 1. The van der Waals surface area contributed by atoms with Gasteiger partial charge in [-0.15, -0.1) is 31.4 Å². The molecule has 2 rings (SSSR count). The monoisotopic (exact) mass is 349 g/mol. The summed E-state index contributed by atoms with van der Waals surface area (Å²) in [5.41, 5.74) is 0.600. The minimum absolute atomic E-state index is 0. The molecule has 0 aromatic heterocycles. The first kappa shape index (κ1) is 20.7. The number of aromatic hydroxyl groups is 1. The maximum atomic E-state index is 10.9. The number of benzene rings is 1. The second kappa shape index (κ2) is 9.63. The lowest BCUT2D eigenvalue weighted by Crippen LogP contribution is -2.45. The molecule has 1 atom stereocenters. The van der Waals surface area contributed by atoms with Gasteiger partial charge in [-0.05, 0) is 12.5 Å². The molecule has 22 heavy (non-hydrogen) atoms. The van der Waals surface area contributed by atoms with Gasteiger partial charge in [-0.3, -0.25) is 15.0 Å². The lowest BCUT2D eigenvalue weighted by atomic mass is 9.99. The molecule has 1 aromatic carbocycles. The van der Waals surface area contributed by atoms with E-state index in [0.29, 0.717) is 12.0 Å². The number of nitro groups is 1. The second-order valence-corrected chi connectivity index (χ2v) is 4.83. The average molecular weight is 350 g/mol. The van der Waals surface area contributed by atoms with E-state index < -0.39 is 4.92 Å². The molecule has 0 bridgehead atoms. The third-order valence-electron chi connectivity index (χ3n) is 3.56. The summed E-state index contributed by atoms with van der Waals surface area (Å²) in [7, 11) is 0. The van der Waals surface area contributed by atoms with Crippen molar-refractivity contribution in [3.63, 3.8) is 0 Å². The van der Waals surface area contributed by atoms with Crippen LogP contribution in [0.5, 0.6) is 5.75 Å². The number of nitrogens with zero attached hydrogens (tertiary/aromatic N) is 2. The maximum absolute atomic E-state index is 10.9. The van der Waals surface area contributed by atoms with Crippen LogP contribution in [-0.2, 0) is 0 Å². The Morgan fingerprint density at radius 2 is 2.05 bits per heavy atom. The predicted molar refractivity (Wildman–Crippen MR) is 91.3 cm³/mol.